The minimum atomic E-state index is 0.0245. The molecule has 0 radical (unpaired) electrons. The van der Waals surface area contributed by atoms with Gasteiger partial charge in [0.05, 0.1) is 12.2 Å². The van der Waals surface area contributed by atoms with E-state index < -0.39 is 0 Å². The summed E-state index contributed by atoms with van der Waals surface area (Å²) in [7, 11) is 3.63. The number of piperidine rings is 1. The fourth-order valence-electron chi connectivity index (χ4n) is 3.58. The summed E-state index contributed by atoms with van der Waals surface area (Å²) >= 11 is 0. The smallest absolute Gasteiger partial charge is 0.248 e. The fraction of sp³-hybridized carbons (Fsp3) is 0.737. The number of rotatable bonds is 5. The van der Waals surface area contributed by atoms with Gasteiger partial charge in [-0.1, -0.05) is 0 Å². The molecule has 0 atom stereocenters. The van der Waals surface area contributed by atoms with Crippen molar-refractivity contribution in [3.63, 3.8) is 0 Å². The number of ether oxygens (including phenoxy) is 1. The van der Waals surface area contributed by atoms with Crippen LogP contribution in [0.2, 0.25) is 0 Å². The van der Waals surface area contributed by atoms with Gasteiger partial charge >= 0.3 is 0 Å². The van der Waals surface area contributed by atoms with E-state index in [1.807, 2.05) is 4.90 Å². The summed E-state index contributed by atoms with van der Waals surface area (Å²) in [4.78, 5) is 28.5. The molecule has 2 aliphatic rings. The molecule has 2 aliphatic heterocycles. The lowest BCUT2D eigenvalue weighted by atomic mass is 10.0. The Morgan fingerprint density at radius 2 is 1.92 bits per heavy atom. The van der Waals surface area contributed by atoms with Crippen molar-refractivity contribution in [1.82, 2.24) is 14.9 Å². The molecule has 7 nitrogen and oxygen atoms in total. The first-order chi connectivity index (χ1) is 12.5. The number of anilines is 2. The van der Waals surface area contributed by atoms with Crippen molar-refractivity contribution in [3.8, 4) is 0 Å². The summed E-state index contributed by atoms with van der Waals surface area (Å²) < 4.78 is 5.02. The zero-order chi connectivity index (χ0) is 18.7. The Hall–Kier alpha value is -1.89. The van der Waals surface area contributed by atoms with E-state index in [0.717, 1.165) is 42.5 Å². The number of carbonyl (C=O) groups is 1. The van der Waals surface area contributed by atoms with Crippen LogP contribution in [0.25, 0.3) is 0 Å². The third-order valence-electron chi connectivity index (χ3n) is 5.39. The maximum Gasteiger partial charge on any atom is 0.248 e. The third-order valence-corrected chi connectivity index (χ3v) is 5.39. The summed E-state index contributed by atoms with van der Waals surface area (Å²) in [5, 5.41) is 0. The van der Waals surface area contributed by atoms with Crippen LogP contribution >= 0.6 is 0 Å². The Morgan fingerprint density at radius 1 is 1.19 bits per heavy atom. The fourth-order valence-corrected chi connectivity index (χ4v) is 3.58. The third kappa shape index (κ3) is 3.92. The molecule has 0 saturated carbocycles. The lowest BCUT2D eigenvalue weighted by molar-refractivity contribution is -0.136. The van der Waals surface area contributed by atoms with Gasteiger partial charge in [0.2, 0.25) is 11.9 Å². The first kappa shape index (κ1) is 18.9. The van der Waals surface area contributed by atoms with E-state index >= 15 is 0 Å². The lowest BCUT2D eigenvalue weighted by Crippen LogP contribution is -2.41. The number of hydrogen-bond donors (Lipinski definition) is 0. The Morgan fingerprint density at radius 3 is 2.58 bits per heavy atom. The molecule has 0 unspecified atom stereocenters. The zero-order valence-electron chi connectivity index (χ0n) is 16.5. The largest absolute Gasteiger partial charge is 0.375 e. The molecular weight excluding hydrogens is 330 g/mol. The molecule has 0 spiro atoms. The van der Waals surface area contributed by atoms with Crippen molar-refractivity contribution in [3.05, 3.63) is 11.3 Å². The van der Waals surface area contributed by atoms with Gasteiger partial charge in [-0.3, -0.25) is 4.79 Å². The van der Waals surface area contributed by atoms with Crippen molar-refractivity contribution in [2.45, 2.75) is 52.1 Å². The molecule has 1 saturated heterocycles. The minimum absolute atomic E-state index is 0.0245. The highest BCUT2D eigenvalue weighted by Crippen LogP contribution is 2.30. The topological polar surface area (TPSA) is 61.8 Å². The molecule has 0 aromatic carbocycles. The van der Waals surface area contributed by atoms with Crippen molar-refractivity contribution >= 4 is 17.7 Å². The van der Waals surface area contributed by atoms with E-state index in [1.165, 1.54) is 19.3 Å². The van der Waals surface area contributed by atoms with Crippen LogP contribution in [0.5, 0.6) is 0 Å². The second-order valence-corrected chi connectivity index (χ2v) is 7.52. The zero-order valence-corrected chi connectivity index (χ0v) is 16.5. The summed E-state index contributed by atoms with van der Waals surface area (Å²) in [6.45, 7) is 7.75. The van der Waals surface area contributed by atoms with Crippen molar-refractivity contribution in [2.75, 3.05) is 50.2 Å². The van der Waals surface area contributed by atoms with Gasteiger partial charge in [0.25, 0.3) is 0 Å². The van der Waals surface area contributed by atoms with Crippen LogP contribution in [-0.4, -0.2) is 67.2 Å². The molecule has 0 N–H and O–H groups in total. The second kappa shape index (κ2) is 8.20. The normalized spacial score (nSPS) is 17.4. The number of fused-ring (bicyclic) bond motifs is 1. The van der Waals surface area contributed by atoms with Gasteiger partial charge in [0.15, 0.2) is 0 Å². The van der Waals surface area contributed by atoms with Gasteiger partial charge in [-0.2, -0.15) is 4.98 Å². The van der Waals surface area contributed by atoms with Crippen molar-refractivity contribution in [1.29, 1.82) is 0 Å². The molecule has 1 amide bonds. The molecule has 0 bridgehead atoms. The highest BCUT2D eigenvalue weighted by molar-refractivity contribution is 5.78. The first-order valence-electron chi connectivity index (χ1n) is 9.65. The maximum absolute atomic E-state index is 12.3. The standard InChI is InChI=1S/C19H31N5O2/c1-14(2)22(3)18-15-12-24(17(25)13-26-4)11-8-16(15)20-19(21-18)23-9-6-5-7-10-23/h14H,5-13H2,1-4H3. The SMILES string of the molecule is COCC(=O)N1CCc2nc(N3CCCCC3)nc(N(C)C(C)C)c2C1. The van der Waals surface area contributed by atoms with Crippen LogP contribution < -0.4 is 9.80 Å². The van der Waals surface area contributed by atoms with Crippen molar-refractivity contribution < 1.29 is 9.53 Å². The molecule has 0 aliphatic carbocycles. The Labute approximate surface area is 156 Å². The van der Waals surface area contributed by atoms with E-state index in [0.29, 0.717) is 19.1 Å². The van der Waals surface area contributed by atoms with E-state index in [-0.39, 0.29) is 12.5 Å². The number of methoxy groups -OCH3 is 1. The Bertz CT molecular complexity index is 643. The van der Waals surface area contributed by atoms with Gasteiger partial charge in [0.1, 0.15) is 12.4 Å². The van der Waals surface area contributed by atoms with Crippen LogP contribution in [0.4, 0.5) is 11.8 Å². The van der Waals surface area contributed by atoms with E-state index in [4.69, 9.17) is 14.7 Å². The van der Waals surface area contributed by atoms with Crippen LogP contribution in [0.3, 0.4) is 0 Å². The van der Waals surface area contributed by atoms with Gasteiger partial charge in [-0.25, -0.2) is 4.98 Å². The predicted octanol–water partition coefficient (Wildman–Crippen LogP) is 1.84. The summed E-state index contributed by atoms with van der Waals surface area (Å²) in [5.41, 5.74) is 2.17. The molecule has 144 valence electrons. The highest BCUT2D eigenvalue weighted by Gasteiger charge is 2.28. The van der Waals surface area contributed by atoms with E-state index in [2.05, 4.69) is 30.7 Å². The molecule has 26 heavy (non-hydrogen) atoms. The maximum atomic E-state index is 12.3. The number of aromatic nitrogens is 2. The van der Waals surface area contributed by atoms with E-state index in [1.54, 1.807) is 7.11 Å². The quantitative estimate of drug-likeness (QED) is 0.798. The summed E-state index contributed by atoms with van der Waals surface area (Å²) in [6, 6.07) is 0.327. The van der Waals surface area contributed by atoms with Crippen molar-refractivity contribution in [2.24, 2.45) is 0 Å². The van der Waals surface area contributed by atoms with Crippen LogP contribution in [-0.2, 0) is 22.5 Å². The summed E-state index contributed by atoms with van der Waals surface area (Å²) in [5.74, 6) is 1.83. The molecule has 1 aromatic rings. The second-order valence-electron chi connectivity index (χ2n) is 7.52. The van der Waals surface area contributed by atoms with Gasteiger partial charge in [0, 0.05) is 51.8 Å². The minimum Gasteiger partial charge on any atom is -0.375 e. The van der Waals surface area contributed by atoms with Gasteiger partial charge < -0.3 is 19.4 Å². The monoisotopic (exact) mass is 361 g/mol. The molecule has 3 rings (SSSR count). The Kier molecular flexibility index (Phi) is 5.96. The average Bonchev–Trinajstić information content (AvgIpc) is 2.67. The average molecular weight is 361 g/mol. The van der Waals surface area contributed by atoms with Crippen LogP contribution in [0.15, 0.2) is 0 Å². The number of hydrogen-bond acceptors (Lipinski definition) is 6. The number of nitrogens with zero attached hydrogens (tertiary/aromatic N) is 5. The molecule has 7 heteroatoms. The summed E-state index contributed by atoms with van der Waals surface area (Å²) in [6.07, 6.45) is 4.47. The van der Waals surface area contributed by atoms with Gasteiger partial charge in [-0.15, -0.1) is 0 Å². The Balaban J connectivity index is 1.95. The molecule has 1 fully saturated rings. The lowest BCUT2D eigenvalue weighted by Gasteiger charge is -2.35. The molecule has 3 heterocycles. The highest BCUT2D eigenvalue weighted by atomic mass is 16.5. The predicted molar refractivity (Wildman–Crippen MR) is 103 cm³/mol. The number of amides is 1. The van der Waals surface area contributed by atoms with Crippen LogP contribution in [0, 0.1) is 0 Å². The van der Waals surface area contributed by atoms with E-state index in [9.17, 15) is 4.79 Å². The van der Waals surface area contributed by atoms with Crippen LogP contribution in [0.1, 0.15) is 44.4 Å². The molecule has 1 aromatic heterocycles. The number of carbonyl (C=O) groups excluding carboxylic acids is 1. The first-order valence-corrected chi connectivity index (χ1v) is 9.65. The van der Waals surface area contributed by atoms with Gasteiger partial charge in [-0.05, 0) is 33.1 Å². The molecular formula is C19H31N5O2.